The molecule has 0 aliphatic heterocycles. The summed E-state index contributed by atoms with van der Waals surface area (Å²) in [6, 6.07) is 0. The van der Waals surface area contributed by atoms with Gasteiger partial charge in [-0.1, -0.05) is 0 Å². The maximum atomic E-state index is 12.7. The van der Waals surface area contributed by atoms with Gasteiger partial charge in [0.15, 0.2) is 0 Å². The van der Waals surface area contributed by atoms with E-state index >= 15 is 0 Å². The number of nitrogens with one attached hydrogen (secondary N) is 1. The summed E-state index contributed by atoms with van der Waals surface area (Å²) in [7, 11) is 0. The molecule has 6 heteroatoms. The Hall–Kier alpha value is -1.33. The number of rotatable bonds is 1. The molecule has 0 aromatic heterocycles. The van der Waals surface area contributed by atoms with Gasteiger partial charge in [-0.25, -0.2) is 8.78 Å². The van der Waals surface area contributed by atoms with E-state index in [-0.39, 0.29) is 6.08 Å². The lowest BCUT2D eigenvalue weighted by Crippen LogP contribution is -2.34. The first-order valence-electron chi connectivity index (χ1n) is 3.72. The summed E-state index contributed by atoms with van der Waals surface area (Å²) < 4.78 is 50.4. The summed E-state index contributed by atoms with van der Waals surface area (Å²) in [5, 5.41) is 1.95. The molecule has 0 saturated heterocycles. The molecule has 0 aromatic rings. The Balaban J connectivity index is 2.94. The molecule has 1 rings (SSSR count). The molecule has 0 fully saturated rings. The summed E-state index contributed by atoms with van der Waals surface area (Å²) >= 11 is 0. The second kappa shape index (κ2) is 3.43. The average molecular weight is 209 g/mol. The first-order chi connectivity index (χ1) is 6.33. The second-order valence-corrected chi connectivity index (χ2v) is 2.85. The van der Waals surface area contributed by atoms with Crippen molar-refractivity contribution in [2.24, 2.45) is 0 Å². The zero-order valence-corrected chi connectivity index (χ0v) is 7.15. The quantitative estimate of drug-likeness (QED) is 0.656. The molecule has 0 spiro atoms. The number of amides is 1. The van der Waals surface area contributed by atoms with Gasteiger partial charge in [0.1, 0.15) is 5.83 Å². The lowest BCUT2D eigenvalue weighted by molar-refractivity contribution is -0.118. The summed E-state index contributed by atoms with van der Waals surface area (Å²) in [6.07, 6.45) is -2.26. The zero-order chi connectivity index (χ0) is 10.9. The van der Waals surface area contributed by atoms with E-state index in [9.17, 15) is 22.4 Å². The molecule has 0 aromatic carbocycles. The highest BCUT2D eigenvalue weighted by atomic mass is 19.3. The fourth-order valence-electron chi connectivity index (χ4n) is 1.00. The van der Waals surface area contributed by atoms with Crippen molar-refractivity contribution in [2.75, 3.05) is 0 Å². The number of carbonyl (C=O) groups excluding carboxylic acids is 1. The van der Waals surface area contributed by atoms with Crippen LogP contribution in [-0.2, 0) is 4.79 Å². The van der Waals surface area contributed by atoms with Crippen LogP contribution in [0.3, 0.4) is 0 Å². The third-order valence-electron chi connectivity index (χ3n) is 1.54. The highest BCUT2D eigenvalue weighted by molar-refractivity contribution is 5.75. The minimum atomic E-state index is -3.92. The van der Waals surface area contributed by atoms with E-state index in [0.717, 1.165) is 6.92 Å². The fraction of sp³-hybridized carbons (Fsp3) is 0.375. The van der Waals surface area contributed by atoms with Gasteiger partial charge in [0.25, 0.3) is 0 Å². The summed E-state index contributed by atoms with van der Waals surface area (Å²) in [5.41, 5.74) is -0.436. The molecule has 1 aliphatic rings. The van der Waals surface area contributed by atoms with Gasteiger partial charge in [-0.15, -0.1) is 0 Å². The molecule has 0 heterocycles. The van der Waals surface area contributed by atoms with Crippen molar-refractivity contribution in [1.29, 1.82) is 0 Å². The monoisotopic (exact) mass is 209 g/mol. The first kappa shape index (κ1) is 10.7. The molecule has 1 amide bonds. The Morgan fingerprint density at radius 1 is 1.57 bits per heavy atom. The SMILES string of the molecule is CC(=O)NC1=CC(F)(F)C(F)C(F)=C1. The predicted molar refractivity (Wildman–Crippen MR) is 40.9 cm³/mol. The van der Waals surface area contributed by atoms with Crippen LogP contribution in [0.5, 0.6) is 0 Å². The molecular weight excluding hydrogens is 202 g/mol. The molecule has 1 atom stereocenters. The molecule has 0 bridgehead atoms. The van der Waals surface area contributed by atoms with Crippen molar-refractivity contribution < 1.29 is 22.4 Å². The third kappa shape index (κ3) is 2.12. The largest absolute Gasteiger partial charge is 0.326 e. The highest BCUT2D eigenvalue weighted by Crippen LogP contribution is 2.34. The third-order valence-corrected chi connectivity index (χ3v) is 1.54. The molecule has 0 saturated carbocycles. The first-order valence-corrected chi connectivity index (χ1v) is 3.72. The summed E-state index contributed by atoms with van der Waals surface area (Å²) in [5.74, 6) is -6.15. The van der Waals surface area contributed by atoms with Gasteiger partial charge in [0.05, 0.1) is 0 Å². The minimum absolute atomic E-state index is 0.183. The Bertz CT molecular complexity index is 321. The molecule has 1 aliphatic carbocycles. The van der Waals surface area contributed by atoms with E-state index < -0.39 is 29.5 Å². The molecule has 78 valence electrons. The normalized spacial score (nSPS) is 25.1. The van der Waals surface area contributed by atoms with Gasteiger partial charge in [-0.2, -0.15) is 8.78 Å². The van der Waals surface area contributed by atoms with Crippen LogP contribution in [0.4, 0.5) is 17.6 Å². The summed E-state index contributed by atoms with van der Waals surface area (Å²) in [6.45, 7) is 1.08. The molecule has 1 unspecified atom stereocenters. The van der Waals surface area contributed by atoms with Gasteiger partial charge in [-0.05, 0) is 6.08 Å². The second-order valence-electron chi connectivity index (χ2n) is 2.85. The van der Waals surface area contributed by atoms with E-state index in [1.54, 1.807) is 0 Å². The van der Waals surface area contributed by atoms with Crippen LogP contribution in [0.2, 0.25) is 0 Å². The van der Waals surface area contributed by atoms with Crippen molar-refractivity contribution in [3.63, 3.8) is 0 Å². The van der Waals surface area contributed by atoms with Gasteiger partial charge >= 0.3 is 5.92 Å². The van der Waals surface area contributed by atoms with Crippen LogP contribution >= 0.6 is 0 Å². The van der Waals surface area contributed by atoms with Gasteiger partial charge < -0.3 is 5.32 Å². The maximum absolute atomic E-state index is 12.7. The van der Waals surface area contributed by atoms with Crippen LogP contribution in [0.1, 0.15) is 6.92 Å². The van der Waals surface area contributed by atoms with Gasteiger partial charge in [0, 0.05) is 18.7 Å². The van der Waals surface area contributed by atoms with E-state index in [1.165, 1.54) is 0 Å². The Labute approximate surface area is 77.3 Å². The maximum Gasteiger partial charge on any atom is 0.305 e. The van der Waals surface area contributed by atoms with Crippen molar-refractivity contribution in [1.82, 2.24) is 5.32 Å². The van der Waals surface area contributed by atoms with Crippen molar-refractivity contribution in [2.45, 2.75) is 19.0 Å². The molecular formula is C8H7F4NO. The fourth-order valence-corrected chi connectivity index (χ4v) is 1.00. The average Bonchev–Trinajstić information content (AvgIpc) is 1.98. The van der Waals surface area contributed by atoms with Crippen molar-refractivity contribution in [3.8, 4) is 0 Å². The van der Waals surface area contributed by atoms with E-state index in [0.29, 0.717) is 6.08 Å². The Morgan fingerprint density at radius 2 is 2.14 bits per heavy atom. The molecule has 2 nitrogen and oxygen atoms in total. The van der Waals surface area contributed by atoms with Crippen LogP contribution in [0.15, 0.2) is 23.7 Å². The van der Waals surface area contributed by atoms with E-state index in [2.05, 4.69) is 0 Å². The van der Waals surface area contributed by atoms with Crippen LogP contribution < -0.4 is 5.32 Å². The Kier molecular flexibility index (Phi) is 2.64. The number of halogens is 4. The lowest BCUT2D eigenvalue weighted by Gasteiger charge is -2.21. The van der Waals surface area contributed by atoms with E-state index in [4.69, 9.17) is 0 Å². The Morgan fingerprint density at radius 3 is 2.57 bits per heavy atom. The van der Waals surface area contributed by atoms with Crippen molar-refractivity contribution >= 4 is 5.91 Å². The zero-order valence-electron chi connectivity index (χ0n) is 7.15. The van der Waals surface area contributed by atoms with Crippen LogP contribution in [-0.4, -0.2) is 18.0 Å². The number of carbonyl (C=O) groups is 1. The predicted octanol–water partition coefficient (Wildman–Crippen LogP) is 1.85. The standard InChI is InChI=1S/C8H7F4NO/c1-4(14)13-5-2-6(9)7(10)8(11,12)3-5/h2-3,7H,1H3,(H,13,14). The number of hydrogen-bond acceptors (Lipinski definition) is 1. The molecule has 1 N–H and O–H groups in total. The number of alkyl halides is 3. The number of hydrogen-bond donors (Lipinski definition) is 1. The topological polar surface area (TPSA) is 29.1 Å². The van der Waals surface area contributed by atoms with Crippen LogP contribution in [0.25, 0.3) is 0 Å². The highest BCUT2D eigenvalue weighted by Gasteiger charge is 2.44. The minimum Gasteiger partial charge on any atom is -0.326 e. The number of allylic oxidation sites excluding steroid dienone is 3. The van der Waals surface area contributed by atoms with E-state index in [1.807, 2.05) is 5.32 Å². The molecule has 0 radical (unpaired) electrons. The van der Waals surface area contributed by atoms with Crippen LogP contribution in [0, 0.1) is 0 Å². The van der Waals surface area contributed by atoms with Crippen molar-refractivity contribution in [3.05, 3.63) is 23.7 Å². The lowest BCUT2D eigenvalue weighted by atomic mass is 10.1. The molecule has 14 heavy (non-hydrogen) atoms. The van der Waals surface area contributed by atoms with Gasteiger partial charge in [0.2, 0.25) is 12.1 Å². The van der Waals surface area contributed by atoms with Gasteiger partial charge in [-0.3, -0.25) is 4.79 Å². The smallest absolute Gasteiger partial charge is 0.305 e. The summed E-state index contributed by atoms with van der Waals surface area (Å²) in [4.78, 5) is 10.5.